The molecule has 1 aliphatic carbocycles. The fourth-order valence-electron chi connectivity index (χ4n) is 1.99. The number of carbonyl (C=O) groups excluding carboxylic acids is 2. The summed E-state index contributed by atoms with van der Waals surface area (Å²) in [5.41, 5.74) is -1.13. The molecule has 4 rings (SSSR count). The van der Waals surface area contributed by atoms with E-state index in [9.17, 15) is 9.59 Å². The third-order valence-electron chi connectivity index (χ3n) is 3.22. The molecule has 3 aliphatic heterocycles. The second-order valence-electron chi connectivity index (χ2n) is 4.95. The lowest BCUT2D eigenvalue weighted by atomic mass is 9.96. The monoisotopic (exact) mass is 646 g/mol. The smallest absolute Gasteiger partial charge is 0.218 e. The van der Waals surface area contributed by atoms with Crippen molar-refractivity contribution in [2.45, 2.75) is 0 Å². The molecule has 4 aliphatic rings. The number of allylic oxidation sites excluding steroid dienone is 4. The fourth-order valence-corrected chi connectivity index (χ4v) is 12.0. The normalized spacial score (nSPS) is 21.6. The van der Waals surface area contributed by atoms with Gasteiger partial charge in [0.05, 0.1) is 19.9 Å². The molecule has 3 heterocycles. The molecule has 29 heavy (non-hydrogen) atoms. The van der Waals surface area contributed by atoms with Crippen LogP contribution < -0.4 is 0 Å². The maximum atomic E-state index is 11.2. The Morgan fingerprint density at radius 1 is 0.828 bits per heavy atom. The van der Waals surface area contributed by atoms with Crippen molar-refractivity contribution < 1.29 is 9.59 Å². The molecule has 4 nitrogen and oxygen atoms in total. The number of rotatable bonds is 0. The van der Waals surface area contributed by atoms with E-state index in [1.54, 1.807) is 8.47 Å². The summed E-state index contributed by atoms with van der Waals surface area (Å²) in [6, 6.07) is 2.89. The van der Waals surface area contributed by atoms with Crippen LogP contribution in [0.3, 0.4) is 0 Å². The third kappa shape index (κ3) is 5.44. The Morgan fingerprint density at radius 3 is 1.69 bits per heavy atom. The molecule has 0 aromatic rings. The lowest BCUT2D eigenvalue weighted by Crippen LogP contribution is -2.18. The Morgan fingerprint density at radius 2 is 1.31 bits per heavy atom. The lowest BCUT2D eigenvalue weighted by Gasteiger charge is -2.08. The molecule has 0 saturated carbocycles. The van der Waals surface area contributed by atoms with Crippen LogP contribution in [0.2, 0.25) is 0 Å². The summed E-state index contributed by atoms with van der Waals surface area (Å²) in [6.45, 7) is 0. The van der Waals surface area contributed by atoms with Gasteiger partial charge in [-0.15, -0.1) is 23.5 Å². The highest BCUT2D eigenvalue weighted by atomic mass is 127. The van der Waals surface area contributed by atoms with E-state index in [1.165, 1.54) is 35.0 Å². The highest BCUT2D eigenvalue weighted by molar-refractivity contribution is 14.1. The first kappa shape index (κ1) is 24.1. The first-order valence-corrected chi connectivity index (χ1v) is 14.5. The van der Waals surface area contributed by atoms with E-state index in [0.29, 0.717) is 0 Å². The van der Waals surface area contributed by atoms with Crippen LogP contribution in [0.25, 0.3) is 0 Å². The molecule has 0 radical (unpaired) electrons. The van der Waals surface area contributed by atoms with E-state index < -0.39 is 32.8 Å². The average Bonchev–Trinajstić information content (AvgIpc) is 3.35. The van der Waals surface area contributed by atoms with Gasteiger partial charge in [0.1, 0.15) is 33.3 Å². The van der Waals surface area contributed by atoms with Crippen molar-refractivity contribution in [3.05, 3.63) is 46.5 Å². The number of nitrogens with zero attached hydrogens (tertiary/aromatic N) is 2. The molecule has 0 atom stereocenters. The van der Waals surface area contributed by atoms with Crippen molar-refractivity contribution >= 4 is 128 Å². The Kier molecular flexibility index (Phi) is 9.00. The van der Waals surface area contributed by atoms with Crippen LogP contribution in [0, 0.1) is 22.7 Å². The zero-order chi connectivity index (χ0) is 21.1. The summed E-state index contributed by atoms with van der Waals surface area (Å²) in [4.78, 5) is 22.4. The predicted octanol–water partition coefficient (Wildman–Crippen LogP) is 7.08. The van der Waals surface area contributed by atoms with Gasteiger partial charge in [0, 0.05) is 11.5 Å². The van der Waals surface area contributed by atoms with E-state index in [4.69, 9.17) is 33.7 Å². The van der Waals surface area contributed by atoms with Crippen molar-refractivity contribution in [3.63, 3.8) is 0 Å². The highest BCUT2D eigenvalue weighted by Crippen LogP contribution is 2.64. The van der Waals surface area contributed by atoms with Crippen LogP contribution in [0.4, 0.5) is 0 Å². The summed E-state index contributed by atoms with van der Waals surface area (Å²) >= 11 is 25.0. The van der Waals surface area contributed by atoms with E-state index in [-0.39, 0.29) is 0 Å². The lowest BCUT2D eigenvalue weighted by molar-refractivity contribution is -0.115. The van der Waals surface area contributed by atoms with Crippen LogP contribution in [-0.2, 0) is 9.59 Å². The molecule has 0 aromatic carbocycles. The number of Topliss-reactive ketones (excluding diaryl/α,β-unsaturated/α-hetero) is 2. The minimum absolute atomic E-state index is 0.521. The summed E-state index contributed by atoms with van der Waals surface area (Å²) in [7, 11) is 0. The highest BCUT2D eigenvalue weighted by Gasteiger charge is 2.33. The maximum Gasteiger partial charge on any atom is 0.218 e. The molecule has 0 saturated heterocycles. The van der Waals surface area contributed by atoms with Crippen molar-refractivity contribution in [1.82, 2.24) is 0 Å². The molecule has 0 N–H and O–H groups in total. The second kappa shape index (κ2) is 10.8. The molecule has 0 bridgehead atoms. The van der Waals surface area contributed by atoms with E-state index in [2.05, 4.69) is 28.0 Å². The van der Waals surface area contributed by atoms with Crippen LogP contribution >= 0.6 is 116 Å². The molecule has 148 valence electrons. The molecule has 0 unspecified atom stereocenters. The van der Waals surface area contributed by atoms with Crippen LogP contribution in [0.5, 0.6) is 0 Å². The summed E-state index contributed by atoms with van der Waals surface area (Å²) < 4.78 is 7.46. The Bertz CT molecular complexity index is 1000. The molecule has 0 spiro atoms. The summed E-state index contributed by atoms with van der Waals surface area (Å²) in [5.74, 6) is 0.761. The topological polar surface area (TPSA) is 81.7 Å². The minimum Gasteiger partial charge on any atom is -0.287 e. The van der Waals surface area contributed by atoms with Gasteiger partial charge in [0.25, 0.3) is 0 Å². The number of carbonyl (C=O) groups is 2. The molecule has 0 aromatic heterocycles. The van der Waals surface area contributed by atoms with Gasteiger partial charge in [-0.1, -0.05) is 70.2 Å². The number of halogens is 3. The minimum atomic E-state index is -0.893. The quantitative estimate of drug-likeness (QED) is 0.201. The number of hydrogen-bond acceptors (Lipinski definition) is 10. The average molecular weight is 647 g/mol. The van der Waals surface area contributed by atoms with Crippen LogP contribution in [0.1, 0.15) is 0 Å². The Balaban J connectivity index is 0.000000166. The van der Waals surface area contributed by atoms with Crippen molar-refractivity contribution in [2.24, 2.45) is 0 Å². The zero-order valence-electron chi connectivity index (χ0n) is 13.8. The van der Waals surface area contributed by atoms with Gasteiger partial charge in [-0.25, -0.2) is 0 Å². The van der Waals surface area contributed by atoms with E-state index in [1.807, 2.05) is 70.6 Å². The van der Waals surface area contributed by atoms with Gasteiger partial charge in [-0.2, -0.15) is 10.5 Å². The van der Waals surface area contributed by atoms with Crippen LogP contribution in [-0.4, -0.2) is 23.1 Å². The number of hydrogen-bond donors (Lipinski definition) is 0. The number of nitriles is 2. The van der Waals surface area contributed by atoms with Gasteiger partial charge in [0.2, 0.25) is 11.6 Å². The predicted molar refractivity (Wildman–Crippen MR) is 138 cm³/mol. The standard InChI is InChI=1S/C8Cl2N2O2.C8H5IS6/c9-5-6(10)8(14)4(2-12)3(1-11)7(5)13;9-4-3-12-7(13-4)8-14-5-6(15-8)11-2-1-10-5/h;3H,1-2H2. The number of thioether (sulfide) groups is 6. The van der Waals surface area contributed by atoms with E-state index in [0.717, 1.165) is 0 Å². The zero-order valence-corrected chi connectivity index (χ0v) is 22.4. The largest absolute Gasteiger partial charge is 0.287 e. The first-order chi connectivity index (χ1) is 13.9. The van der Waals surface area contributed by atoms with Crippen molar-refractivity contribution in [1.29, 1.82) is 10.5 Å². The fraction of sp³-hybridized carbons (Fsp3) is 0.125. The molecule has 0 fully saturated rings. The van der Waals surface area contributed by atoms with Gasteiger partial charge in [-0.05, 0) is 28.0 Å². The third-order valence-corrected chi connectivity index (χ3v) is 13.9. The molecule has 13 heteroatoms. The van der Waals surface area contributed by atoms with Gasteiger partial charge in [-0.3, -0.25) is 9.59 Å². The van der Waals surface area contributed by atoms with E-state index >= 15 is 0 Å². The molecular weight excluding hydrogens is 642 g/mol. The van der Waals surface area contributed by atoms with Gasteiger partial charge >= 0.3 is 0 Å². The van der Waals surface area contributed by atoms with Crippen molar-refractivity contribution in [2.75, 3.05) is 11.5 Å². The SMILES string of the molecule is IC1=CSC(=C2SC3=C(SCCS3)S2)S1.N#CC1=C(C#N)C(=O)C(Cl)=C(Cl)C1=O. The second-order valence-corrected chi connectivity index (χ2v) is 14.8. The molecule has 0 amide bonds. The van der Waals surface area contributed by atoms with Gasteiger partial charge < -0.3 is 0 Å². The van der Waals surface area contributed by atoms with Crippen LogP contribution in [0.15, 0.2) is 46.5 Å². The molecular formula is C16H5Cl2IN2O2S6. The Labute approximate surface area is 215 Å². The number of ketones is 2. The summed E-state index contributed by atoms with van der Waals surface area (Å²) in [5, 5.41) is 18.3. The Hall–Kier alpha value is 0.430. The maximum absolute atomic E-state index is 11.2. The first-order valence-electron chi connectivity index (χ1n) is 7.36. The summed E-state index contributed by atoms with van der Waals surface area (Å²) in [6.07, 6.45) is 0. The van der Waals surface area contributed by atoms with Crippen molar-refractivity contribution in [3.8, 4) is 12.1 Å². The van der Waals surface area contributed by atoms with Gasteiger partial charge in [0.15, 0.2) is 0 Å².